The van der Waals surface area contributed by atoms with Gasteiger partial charge in [-0.15, -0.1) is 0 Å². The second kappa shape index (κ2) is 6.70. The van der Waals surface area contributed by atoms with E-state index in [-0.39, 0.29) is 18.5 Å². The normalized spacial score (nSPS) is 12.2. The summed E-state index contributed by atoms with van der Waals surface area (Å²) >= 11 is 0. The number of benzene rings is 2. The Balaban J connectivity index is 2.28. The first-order chi connectivity index (χ1) is 10.0. The zero-order chi connectivity index (χ0) is 15.4. The highest BCUT2D eigenvalue weighted by atomic mass is 19.1. The van der Waals surface area contributed by atoms with E-state index in [0.717, 1.165) is 5.56 Å². The SMILES string of the molecule is Cc1cc(Oc2ccc(CCO)cc2)c(C(C)N)cc1F. The highest BCUT2D eigenvalue weighted by molar-refractivity contribution is 5.43. The van der Waals surface area contributed by atoms with E-state index in [4.69, 9.17) is 15.6 Å². The summed E-state index contributed by atoms with van der Waals surface area (Å²) in [6, 6.07) is 10.2. The Morgan fingerprint density at radius 2 is 1.90 bits per heavy atom. The Hall–Kier alpha value is -1.91. The van der Waals surface area contributed by atoms with Crippen LogP contribution in [0.2, 0.25) is 0 Å². The zero-order valence-corrected chi connectivity index (χ0v) is 12.3. The van der Waals surface area contributed by atoms with Gasteiger partial charge in [-0.25, -0.2) is 4.39 Å². The second-order valence-electron chi connectivity index (χ2n) is 5.15. The molecule has 0 saturated heterocycles. The van der Waals surface area contributed by atoms with Gasteiger partial charge in [0.15, 0.2) is 0 Å². The summed E-state index contributed by atoms with van der Waals surface area (Å²) in [6.07, 6.45) is 0.612. The molecule has 0 saturated carbocycles. The van der Waals surface area contributed by atoms with E-state index in [0.29, 0.717) is 29.0 Å². The Morgan fingerprint density at radius 1 is 1.24 bits per heavy atom. The Labute approximate surface area is 124 Å². The summed E-state index contributed by atoms with van der Waals surface area (Å²) in [4.78, 5) is 0. The van der Waals surface area contributed by atoms with Gasteiger partial charge in [0.25, 0.3) is 0 Å². The van der Waals surface area contributed by atoms with Crippen molar-refractivity contribution in [3.63, 3.8) is 0 Å². The number of halogens is 1. The van der Waals surface area contributed by atoms with Crippen LogP contribution in [0.5, 0.6) is 11.5 Å². The monoisotopic (exact) mass is 289 g/mol. The maximum Gasteiger partial charge on any atom is 0.132 e. The van der Waals surface area contributed by atoms with Crippen LogP contribution in [0.1, 0.15) is 29.7 Å². The standard InChI is InChI=1S/C17H20FNO2/c1-11-9-17(15(12(2)19)10-16(11)18)21-14-5-3-13(4-6-14)7-8-20/h3-6,9-10,12,20H,7-8,19H2,1-2H3. The molecule has 2 rings (SSSR count). The molecular formula is C17H20FNO2. The number of aliphatic hydroxyl groups is 1. The molecule has 0 spiro atoms. The molecule has 2 aromatic rings. The first kappa shape index (κ1) is 15.5. The van der Waals surface area contributed by atoms with Gasteiger partial charge in [-0.05, 0) is 55.7 Å². The predicted molar refractivity (Wildman–Crippen MR) is 81.0 cm³/mol. The second-order valence-corrected chi connectivity index (χ2v) is 5.15. The van der Waals surface area contributed by atoms with E-state index in [1.54, 1.807) is 19.9 Å². The van der Waals surface area contributed by atoms with Crippen LogP contribution in [0.25, 0.3) is 0 Å². The molecule has 0 amide bonds. The van der Waals surface area contributed by atoms with E-state index >= 15 is 0 Å². The first-order valence-electron chi connectivity index (χ1n) is 6.94. The molecule has 0 fully saturated rings. The molecule has 4 heteroatoms. The Bertz CT molecular complexity index is 609. The average molecular weight is 289 g/mol. The van der Waals surface area contributed by atoms with Crippen molar-refractivity contribution in [1.82, 2.24) is 0 Å². The van der Waals surface area contributed by atoms with Crippen molar-refractivity contribution >= 4 is 0 Å². The fraction of sp³-hybridized carbons (Fsp3) is 0.294. The van der Waals surface area contributed by atoms with Crippen molar-refractivity contribution < 1.29 is 14.2 Å². The third-order valence-corrected chi connectivity index (χ3v) is 3.33. The molecule has 0 heterocycles. The maximum atomic E-state index is 13.7. The lowest BCUT2D eigenvalue weighted by Crippen LogP contribution is -2.08. The molecule has 0 bridgehead atoms. The molecule has 0 aliphatic carbocycles. The van der Waals surface area contributed by atoms with Crippen LogP contribution in [-0.4, -0.2) is 11.7 Å². The number of rotatable bonds is 5. The van der Waals surface area contributed by atoms with Crippen molar-refractivity contribution in [1.29, 1.82) is 0 Å². The minimum absolute atomic E-state index is 0.117. The molecule has 1 unspecified atom stereocenters. The van der Waals surface area contributed by atoms with Crippen molar-refractivity contribution in [3.8, 4) is 11.5 Å². The lowest BCUT2D eigenvalue weighted by Gasteiger charge is -2.15. The van der Waals surface area contributed by atoms with E-state index in [9.17, 15) is 4.39 Å². The summed E-state index contributed by atoms with van der Waals surface area (Å²) in [5.74, 6) is 0.941. The third-order valence-electron chi connectivity index (χ3n) is 3.33. The topological polar surface area (TPSA) is 55.5 Å². The van der Waals surface area contributed by atoms with Crippen LogP contribution in [0, 0.1) is 12.7 Å². The van der Waals surface area contributed by atoms with Crippen molar-refractivity contribution in [2.45, 2.75) is 26.3 Å². The fourth-order valence-electron chi connectivity index (χ4n) is 2.09. The number of aryl methyl sites for hydroxylation is 1. The number of hydrogen-bond acceptors (Lipinski definition) is 3. The maximum absolute atomic E-state index is 13.7. The van der Waals surface area contributed by atoms with Gasteiger partial charge < -0.3 is 15.6 Å². The van der Waals surface area contributed by atoms with Gasteiger partial charge in [-0.2, -0.15) is 0 Å². The van der Waals surface area contributed by atoms with Crippen LogP contribution in [-0.2, 0) is 6.42 Å². The lowest BCUT2D eigenvalue weighted by atomic mass is 10.0. The van der Waals surface area contributed by atoms with E-state index in [2.05, 4.69) is 0 Å². The quantitative estimate of drug-likeness (QED) is 0.886. The average Bonchev–Trinajstić information content (AvgIpc) is 2.44. The van der Waals surface area contributed by atoms with Crippen LogP contribution in [0.4, 0.5) is 4.39 Å². The van der Waals surface area contributed by atoms with E-state index in [1.165, 1.54) is 6.07 Å². The molecule has 3 nitrogen and oxygen atoms in total. The number of aliphatic hydroxyl groups excluding tert-OH is 1. The number of hydrogen-bond donors (Lipinski definition) is 2. The van der Waals surface area contributed by atoms with Crippen molar-refractivity contribution in [3.05, 3.63) is 58.9 Å². The molecule has 1 atom stereocenters. The molecule has 2 aromatic carbocycles. The summed E-state index contributed by atoms with van der Waals surface area (Å²) < 4.78 is 19.5. The smallest absolute Gasteiger partial charge is 0.132 e. The summed E-state index contributed by atoms with van der Waals surface area (Å²) in [6.45, 7) is 3.60. The van der Waals surface area contributed by atoms with Crippen LogP contribution in [0.3, 0.4) is 0 Å². The zero-order valence-electron chi connectivity index (χ0n) is 12.3. The van der Waals surface area contributed by atoms with Gasteiger partial charge in [0, 0.05) is 18.2 Å². The fourth-order valence-corrected chi connectivity index (χ4v) is 2.09. The van der Waals surface area contributed by atoms with Gasteiger partial charge in [0.2, 0.25) is 0 Å². The minimum Gasteiger partial charge on any atom is -0.457 e. The highest BCUT2D eigenvalue weighted by Gasteiger charge is 2.13. The third kappa shape index (κ3) is 3.80. The van der Waals surface area contributed by atoms with Crippen LogP contribution in [0.15, 0.2) is 36.4 Å². The van der Waals surface area contributed by atoms with Crippen LogP contribution >= 0.6 is 0 Å². The van der Waals surface area contributed by atoms with Gasteiger partial charge in [0.1, 0.15) is 17.3 Å². The summed E-state index contributed by atoms with van der Waals surface area (Å²) in [5, 5.41) is 8.90. The van der Waals surface area contributed by atoms with Crippen molar-refractivity contribution in [2.75, 3.05) is 6.61 Å². The molecule has 0 aromatic heterocycles. The van der Waals surface area contributed by atoms with E-state index < -0.39 is 0 Å². The Kier molecular flexibility index (Phi) is 4.94. The van der Waals surface area contributed by atoms with Gasteiger partial charge in [-0.3, -0.25) is 0 Å². The number of nitrogens with two attached hydrogens (primary N) is 1. The predicted octanol–water partition coefficient (Wildman–Crippen LogP) is 3.48. The minimum atomic E-state index is -0.316. The van der Waals surface area contributed by atoms with E-state index in [1.807, 2.05) is 24.3 Å². The lowest BCUT2D eigenvalue weighted by molar-refractivity contribution is 0.299. The molecule has 0 aliphatic heterocycles. The molecule has 0 radical (unpaired) electrons. The molecule has 112 valence electrons. The summed E-state index contributed by atoms with van der Waals surface area (Å²) in [5.41, 5.74) is 8.07. The molecule has 3 N–H and O–H groups in total. The van der Waals surface area contributed by atoms with Gasteiger partial charge >= 0.3 is 0 Å². The summed E-state index contributed by atoms with van der Waals surface area (Å²) in [7, 11) is 0. The van der Waals surface area contributed by atoms with Gasteiger partial charge in [0.05, 0.1) is 0 Å². The first-order valence-corrected chi connectivity index (χ1v) is 6.94. The largest absolute Gasteiger partial charge is 0.457 e. The highest BCUT2D eigenvalue weighted by Crippen LogP contribution is 2.31. The Morgan fingerprint density at radius 3 is 2.48 bits per heavy atom. The molecule has 21 heavy (non-hydrogen) atoms. The molecular weight excluding hydrogens is 269 g/mol. The van der Waals surface area contributed by atoms with Gasteiger partial charge in [-0.1, -0.05) is 12.1 Å². The van der Waals surface area contributed by atoms with Crippen LogP contribution < -0.4 is 10.5 Å². The van der Waals surface area contributed by atoms with Crippen molar-refractivity contribution in [2.24, 2.45) is 5.73 Å². The molecule has 0 aliphatic rings. The number of ether oxygens (including phenoxy) is 1.